The summed E-state index contributed by atoms with van der Waals surface area (Å²) in [6.07, 6.45) is 1.05. The van der Waals surface area contributed by atoms with Crippen LogP contribution in [0, 0.1) is 5.92 Å². The summed E-state index contributed by atoms with van der Waals surface area (Å²) in [7, 11) is 0. The number of hydrogen-bond donors (Lipinski definition) is 3. The first kappa shape index (κ1) is 23.0. The molecular weight excluding hydrogens is 340 g/mol. The summed E-state index contributed by atoms with van der Waals surface area (Å²) < 4.78 is 0. The van der Waals surface area contributed by atoms with Crippen molar-refractivity contribution in [3.63, 3.8) is 0 Å². The Morgan fingerprint density at radius 1 is 1.11 bits per heavy atom. The Bertz CT molecular complexity index is 600. The molecule has 0 aliphatic carbocycles. The Labute approximate surface area is 164 Å². The molecule has 6 nitrogen and oxygen atoms in total. The normalized spacial score (nSPS) is 13.3. The van der Waals surface area contributed by atoms with Crippen LogP contribution in [0.1, 0.15) is 59.6 Å². The van der Waals surface area contributed by atoms with E-state index in [-0.39, 0.29) is 18.0 Å². The fourth-order valence-corrected chi connectivity index (χ4v) is 3.28. The highest BCUT2D eigenvalue weighted by molar-refractivity contribution is 5.88. The number of carbonyl (C=O) groups is 2. The molecule has 0 spiro atoms. The summed E-state index contributed by atoms with van der Waals surface area (Å²) >= 11 is 0. The number of nitrogens with one attached hydrogen (secondary N) is 3. The molecule has 0 saturated heterocycles. The summed E-state index contributed by atoms with van der Waals surface area (Å²) in [6.45, 7) is 14.7. The largest absolute Gasteiger partial charge is 0.337 e. The predicted octanol–water partition coefficient (Wildman–Crippen LogP) is 3.76. The van der Waals surface area contributed by atoms with Crippen LogP contribution in [0.3, 0.4) is 0 Å². The molecule has 0 saturated carbocycles. The number of nitrogens with zero attached hydrogens (tertiary/aromatic N) is 1. The van der Waals surface area contributed by atoms with E-state index in [4.69, 9.17) is 0 Å². The second-order valence-electron chi connectivity index (χ2n) is 7.39. The lowest BCUT2D eigenvalue weighted by Crippen LogP contribution is -2.47. The van der Waals surface area contributed by atoms with E-state index in [9.17, 15) is 9.59 Å². The van der Waals surface area contributed by atoms with E-state index in [1.807, 2.05) is 31.2 Å². The minimum Gasteiger partial charge on any atom is -0.337 e. The van der Waals surface area contributed by atoms with Crippen LogP contribution in [0.2, 0.25) is 0 Å². The zero-order valence-corrected chi connectivity index (χ0v) is 17.6. The van der Waals surface area contributed by atoms with E-state index < -0.39 is 0 Å². The molecule has 0 radical (unpaired) electrons. The molecule has 0 bridgehead atoms. The lowest BCUT2D eigenvalue weighted by molar-refractivity contribution is -0.114. The van der Waals surface area contributed by atoms with Gasteiger partial charge in [-0.3, -0.25) is 9.69 Å². The van der Waals surface area contributed by atoms with Gasteiger partial charge in [0.25, 0.3) is 0 Å². The van der Waals surface area contributed by atoms with Crippen molar-refractivity contribution in [2.75, 3.05) is 25.0 Å². The van der Waals surface area contributed by atoms with Crippen LogP contribution in [-0.4, -0.2) is 42.5 Å². The lowest BCUT2D eigenvalue weighted by atomic mass is 10.0. The van der Waals surface area contributed by atoms with Crippen molar-refractivity contribution >= 4 is 17.6 Å². The number of amides is 3. The molecule has 1 rings (SSSR count). The molecule has 1 aromatic carbocycles. The average molecular weight is 377 g/mol. The summed E-state index contributed by atoms with van der Waals surface area (Å²) in [6, 6.07) is 7.53. The molecule has 0 aromatic heterocycles. The molecule has 152 valence electrons. The van der Waals surface area contributed by atoms with Crippen LogP contribution in [0.25, 0.3) is 0 Å². The van der Waals surface area contributed by atoms with E-state index in [1.165, 1.54) is 6.92 Å². The van der Waals surface area contributed by atoms with Gasteiger partial charge in [0.05, 0.1) is 6.04 Å². The third-order valence-electron chi connectivity index (χ3n) is 4.63. The maximum Gasteiger partial charge on any atom is 0.315 e. The molecule has 3 N–H and O–H groups in total. The van der Waals surface area contributed by atoms with E-state index in [2.05, 4.69) is 48.5 Å². The van der Waals surface area contributed by atoms with Crippen molar-refractivity contribution in [3.8, 4) is 0 Å². The molecule has 0 aliphatic heterocycles. The van der Waals surface area contributed by atoms with Crippen LogP contribution in [-0.2, 0) is 4.79 Å². The fourth-order valence-electron chi connectivity index (χ4n) is 3.28. The Kier molecular flexibility index (Phi) is 9.86. The van der Waals surface area contributed by atoms with Gasteiger partial charge in [0.2, 0.25) is 5.91 Å². The zero-order valence-electron chi connectivity index (χ0n) is 17.6. The predicted molar refractivity (Wildman–Crippen MR) is 112 cm³/mol. The van der Waals surface area contributed by atoms with Gasteiger partial charge in [-0.1, -0.05) is 39.8 Å². The van der Waals surface area contributed by atoms with E-state index >= 15 is 0 Å². The van der Waals surface area contributed by atoms with Gasteiger partial charge in [0.15, 0.2) is 0 Å². The molecular formula is C21H36N4O2. The third-order valence-corrected chi connectivity index (χ3v) is 4.63. The SMILES string of the molecule is CCN(CC)[C@H](CNC(=O)N[C@H](C)c1cccc(NC(C)=O)c1)CC(C)C. The summed E-state index contributed by atoms with van der Waals surface area (Å²) in [5.41, 5.74) is 1.67. The molecule has 0 aliphatic rings. The van der Waals surface area contributed by atoms with Crippen LogP contribution in [0.15, 0.2) is 24.3 Å². The van der Waals surface area contributed by atoms with E-state index in [0.717, 1.165) is 30.8 Å². The minimum atomic E-state index is -0.173. The van der Waals surface area contributed by atoms with E-state index in [0.29, 0.717) is 18.5 Å². The molecule has 3 amide bonds. The van der Waals surface area contributed by atoms with Crippen molar-refractivity contribution in [2.24, 2.45) is 5.92 Å². The number of benzene rings is 1. The van der Waals surface area contributed by atoms with Gasteiger partial charge in [-0.05, 0) is 50.0 Å². The first-order valence-electron chi connectivity index (χ1n) is 9.92. The Hall–Kier alpha value is -2.08. The van der Waals surface area contributed by atoms with Crippen LogP contribution >= 0.6 is 0 Å². The molecule has 27 heavy (non-hydrogen) atoms. The number of hydrogen-bond acceptors (Lipinski definition) is 3. The van der Waals surface area contributed by atoms with Gasteiger partial charge in [-0.25, -0.2) is 4.79 Å². The molecule has 0 unspecified atom stereocenters. The number of urea groups is 1. The zero-order chi connectivity index (χ0) is 20.4. The van der Waals surface area contributed by atoms with Crippen molar-refractivity contribution in [1.29, 1.82) is 0 Å². The highest BCUT2D eigenvalue weighted by atomic mass is 16.2. The minimum absolute atomic E-state index is 0.113. The van der Waals surface area contributed by atoms with Crippen molar-refractivity contribution < 1.29 is 9.59 Å². The topological polar surface area (TPSA) is 73.5 Å². The second-order valence-corrected chi connectivity index (χ2v) is 7.39. The highest BCUT2D eigenvalue weighted by Gasteiger charge is 2.18. The Morgan fingerprint density at radius 3 is 2.33 bits per heavy atom. The first-order chi connectivity index (χ1) is 12.8. The molecule has 0 fully saturated rings. The van der Waals surface area contributed by atoms with Gasteiger partial charge in [-0.2, -0.15) is 0 Å². The summed E-state index contributed by atoms with van der Waals surface area (Å²) in [4.78, 5) is 26.0. The Morgan fingerprint density at radius 2 is 1.78 bits per heavy atom. The molecule has 1 aromatic rings. The first-order valence-corrected chi connectivity index (χ1v) is 9.92. The van der Waals surface area contributed by atoms with Gasteiger partial charge in [0.1, 0.15) is 0 Å². The van der Waals surface area contributed by atoms with Gasteiger partial charge < -0.3 is 16.0 Å². The van der Waals surface area contributed by atoms with Gasteiger partial charge in [-0.15, -0.1) is 0 Å². The number of carbonyl (C=O) groups excluding carboxylic acids is 2. The van der Waals surface area contributed by atoms with Gasteiger partial charge >= 0.3 is 6.03 Å². The van der Waals surface area contributed by atoms with Gasteiger partial charge in [0, 0.05) is 25.2 Å². The molecule has 6 heteroatoms. The smallest absolute Gasteiger partial charge is 0.315 e. The summed E-state index contributed by atoms with van der Waals surface area (Å²) in [5.74, 6) is 0.467. The highest BCUT2D eigenvalue weighted by Crippen LogP contribution is 2.17. The molecule has 2 atom stereocenters. The second kappa shape index (κ2) is 11.6. The fraction of sp³-hybridized carbons (Fsp3) is 0.619. The third kappa shape index (κ3) is 8.43. The lowest BCUT2D eigenvalue weighted by Gasteiger charge is -2.31. The number of likely N-dealkylation sites (N-methyl/N-ethyl adjacent to an activating group) is 1. The van der Waals surface area contributed by atoms with Crippen LogP contribution in [0.5, 0.6) is 0 Å². The maximum atomic E-state index is 12.4. The quantitative estimate of drug-likeness (QED) is 0.582. The average Bonchev–Trinajstić information content (AvgIpc) is 2.59. The summed E-state index contributed by atoms with van der Waals surface area (Å²) in [5, 5.41) is 8.77. The van der Waals surface area contributed by atoms with Crippen molar-refractivity contribution in [3.05, 3.63) is 29.8 Å². The number of rotatable bonds is 10. The van der Waals surface area contributed by atoms with Crippen molar-refractivity contribution in [1.82, 2.24) is 15.5 Å². The Balaban J connectivity index is 2.63. The number of anilines is 1. The molecule has 0 heterocycles. The van der Waals surface area contributed by atoms with Crippen LogP contribution in [0.4, 0.5) is 10.5 Å². The standard InChI is InChI=1S/C21H36N4O2/c1-7-25(8-2)20(12-15(3)4)14-22-21(27)23-16(5)18-10-9-11-19(13-18)24-17(6)26/h9-11,13,15-16,20H,7-8,12,14H2,1-6H3,(H,24,26)(H2,22,23,27)/t16-,20+/m1/s1. The maximum absolute atomic E-state index is 12.4. The van der Waals surface area contributed by atoms with Crippen LogP contribution < -0.4 is 16.0 Å². The van der Waals surface area contributed by atoms with E-state index in [1.54, 1.807) is 0 Å². The van der Waals surface area contributed by atoms with Crippen molar-refractivity contribution in [2.45, 2.75) is 60.0 Å². The monoisotopic (exact) mass is 376 g/mol.